The molecule has 2 aromatic rings. The molecular formula is C22H22BrF2NO5S. The zero-order valence-electron chi connectivity index (χ0n) is 16.9. The van der Waals surface area contributed by atoms with Gasteiger partial charge in [0.1, 0.15) is 11.0 Å². The molecule has 1 aliphatic rings. The quantitative estimate of drug-likeness (QED) is 0.443. The van der Waals surface area contributed by atoms with Gasteiger partial charge >= 0.3 is 18.0 Å². The second-order valence-corrected chi connectivity index (χ2v) is 9.39. The van der Waals surface area contributed by atoms with Crippen molar-refractivity contribution in [1.82, 2.24) is 4.90 Å². The number of hydrogen-bond donors (Lipinski definition) is 2. The fourth-order valence-electron chi connectivity index (χ4n) is 3.37. The van der Waals surface area contributed by atoms with Gasteiger partial charge in [0.2, 0.25) is 0 Å². The second-order valence-electron chi connectivity index (χ2n) is 7.30. The highest BCUT2D eigenvalue weighted by molar-refractivity contribution is 9.10. The molecule has 0 saturated carbocycles. The van der Waals surface area contributed by atoms with E-state index in [4.69, 9.17) is 9.84 Å². The van der Waals surface area contributed by atoms with Crippen LogP contribution in [0.25, 0.3) is 0 Å². The molecule has 0 spiro atoms. The smallest absolute Gasteiger partial charge is 0.410 e. The largest absolute Gasteiger partial charge is 0.477 e. The van der Waals surface area contributed by atoms with Crippen molar-refractivity contribution in [3.05, 3.63) is 68.3 Å². The van der Waals surface area contributed by atoms with Crippen molar-refractivity contribution in [2.75, 3.05) is 13.2 Å². The van der Waals surface area contributed by atoms with E-state index in [0.29, 0.717) is 30.3 Å². The Bertz CT molecular complexity index is 996. The van der Waals surface area contributed by atoms with Crippen LogP contribution < -0.4 is 0 Å². The molecule has 1 amide bonds. The molecule has 1 saturated heterocycles. The van der Waals surface area contributed by atoms with Crippen molar-refractivity contribution in [3.8, 4) is 0 Å². The number of nitrogens with zero attached hydrogens (tertiary/aromatic N) is 1. The number of alkyl halides is 2. The Labute approximate surface area is 196 Å². The fourth-order valence-corrected chi connectivity index (χ4v) is 4.66. The van der Waals surface area contributed by atoms with Crippen LogP contribution in [0.4, 0.5) is 13.6 Å². The molecule has 6 nitrogen and oxygen atoms in total. The minimum Gasteiger partial charge on any atom is -0.477 e. The first-order valence-electron chi connectivity index (χ1n) is 9.94. The molecule has 1 unspecified atom stereocenters. The van der Waals surface area contributed by atoms with Gasteiger partial charge in [-0.1, -0.05) is 40.2 Å². The lowest BCUT2D eigenvalue weighted by molar-refractivity contribution is -0.0930. The Hall–Kier alpha value is -2.30. The first-order valence-corrected chi connectivity index (χ1v) is 11.5. The standard InChI is InChI=1S/C22H22BrF2NO5S/c23-15-4-1-3-14(13-15)22(24,25)19(27)9-6-16-10-12-31-21(30)26(16)11-2-5-17-7-8-18(32-17)20(28)29/h1,3-4,6-9,13,16,19,27H,2,5,10-12H2,(H,28,29)/t16-,19?/m0/s1. The molecule has 2 N–H and O–H groups in total. The van der Waals surface area contributed by atoms with Gasteiger partial charge in [0.15, 0.2) is 0 Å². The molecule has 3 rings (SSSR count). The van der Waals surface area contributed by atoms with Crippen LogP contribution in [0.15, 0.2) is 53.0 Å². The number of aromatic carboxylic acids is 1. The van der Waals surface area contributed by atoms with Gasteiger partial charge in [-0.2, -0.15) is 8.78 Å². The Morgan fingerprint density at radius 2 is 2.16 bits per heavy atom. The number of cyclic esters (lactones) is 1. The first-order chi connectivity index (χ1) is 15.2. The predicted octanol–water partition coefficient (Wildman–Crippen LogP) is 5.06. The van der Waals surface area contributed by atoms with E-state index in [2.05, 4.69) is 15.9 Å². The summed E-state index contributed by atoms with van der Waals surface area (Å²) in [5.41, 5.74) is -0.319. The highest BCUT2D eigenvalue weighted by Gasteiger charge is 2.39. The molecule has 1 aromatic carbocycles. The van der Waals surface area contributed by atoms with E-state index < -0.39 is 30.1 Å². The summed E-state index contributed by atoms with van der Waals surface area (Å²) in [6.45, 7) is 0.474. The van der Waals surface area contributed by atoms with Gasteiger partial charge in [0.25, 0.3) is 0 Å². The molecule has 0 bridgehead atoms. The van der Waals surface area contributed by atoms with E-state index in [0.717, 1.165) is 11.0 Å². The van der Waals surface area contributed by atoms with E-state index in [1.54, 1.807) is 12.1 Å². The van der Waals surface area contributed by atoms with Gasteiger partial charge in [-0.15, -0.1) is 11.3 Å². The highest BCUT2D eigenvalue weighted by Crippen LogP contribution is 2.34. The maximum atomic E-state index is 14.6. The Kier molecular flexibility index (Phi) is 8.02. The fraction of sp³-hybridized carbons (Fsp3) is 0.364. The van der Waals surface area contributed by atoms with Gasteiger partial charge in [-0.3, -0.25) is 0 Å². The number of aliphatic hydroxyl groups excluding tert-OH is 1. The third kappa shape index (κ3) is 5.93. The molecule has 1 fully saturated rings. The molecule has 2 atom stereocenters. The number of benzene rings is 1. The average molecular weight is 530 g/mol. The zero-order valence-corrected chi connectivity index (χ0v) is 19.3. The number of carbonyl (C=O) groups excluding carboxylic acids is 1. The first kappa shape index (κ1) is 24.3. The monoisotopic (exact) mass is 529 g/mol. The van der Waals surface area contributed by atoms with Crippen LogP contribution in [-0.2, 0) is 17.1 Å². The summed E-state index contributed by atoms with van der Waals surface area (Å²) in [5.74, 6) is -4.48. The zero-order chi connectivity index (χ0) is 23.3. The number of carboxylic acids is 1. The lowest BCUT2D eigenvalue weighted by Gasteiger charge is -2.33. The van der Waals surface area contributed by atoms with E-state index in [1.165, 1.54) is 46.6 Å². The van der Waals surface area contributed by atoms with Crippen LogP contribution in [0.1, 0.15) is 33.0 Å². The number of amides is 1. The Morgan fingerprint density at radius 1 is 1.38 bits per heavy atom. The highest BCUT2D eigenvalue weighted by atomic mass is 79.9. The number of halogens is 3. The van der Waals surface area contributed by atoms with Gasteiger partial charge < -0.3 is 19.8 Å². The summed E-state index contributed by atoms with van der Waals surface area (Å²) >= 11 is 4.33. The second kappa shape index (κ2) is 10.5. The minimum absolute atomic E-state index is 0.162. The molecule has 10 heteroatoms. The van der Waals surface area contributed by atoms with E-state index >= 15 is 0 Å². The summed E-state index contributed by atoms with van der Waals surface area (Å²) in [5, 5.41) is 19.1. The molecule has 32 heavy (non-hydrogen) atoms. The van der Waals surface area contributed by atoms with E-state index in [9.17, 15) is 23.5 Å². The van der Waals surface area contributed by atoms with Gasteiger partial charge in [-0.25, -0.2) is 9.59 Å². The third-order valence-electron chi connectivity index (χ3n) is 5.07. The molecular weight excluding hydrogens is 508 g/mol. The van der Waals surface area contributed by atoms with Crippen LogP contribution in [0, 0.1) is 0 Å². The number of rotatable bonds is 9. The van der Waals surface area contributed by atoms with Crippen LogP contribution in [0.5, 0.6) is 0 Å². The summed E-state index contributed by atoms with van der Waals surface area (Å²) in [6.07, 6.45) is 1.38. The van der Waals surface area contributed by atoms with Crippen LogP contribution >= 0.6 is 27.3 Å². The van der Waals surface area contributed by atoms with Crippen LogP contribution in [-0.4, -0.2) is 52.5 Å². The van der Waals surface area contributed by atoms with Gasteiger partial charge in [0.05, 0.1) is 12.6 Å². The number of carbonyl (C=O) groups is 2. The van der Waals surface area contributed by atoms with Crippen LogP contribution in [0.3, 0.4) is 0 Å². The molecule has 172 valence electrons. The summed E-state index contributed by atoms with van der Waals surface area (Å²) in [4.78, 5) is 25.8. The number of aryl methyl sites for hydroxylation is 1. The van der Waals surface area contributed by atoms with E-state index in [-0.39, 0.29) is 17.0 Å². The summed E-state index contributed by atoms with van der Waals surface area (Å²) < 4.78 is 34.8. The maximum Gasteiger partial charge on any atom is 0.410 e. The number of aliphatic hydroxyl groups is 1. The Morgan fingerprint density at radius 3 is 2.84 bits per heavy atom. The van der Waals surface area contributed by atoms with Gasteiger partial charge in [-0.05, 0) is 37.1 Å². The van der Waals surface area contributed by atoms with Crippen molar-refractivity contribution in [2.24, 2.45) is 0 Å². The molecule has 1 aromatic heterocycles. The maximum absolute atomic E-state index is 14.6. The molecule has 2 heterocycles. The lowest BCUT2D eigenvalue weighted by Crippen LogP contribution is -2.45. The lowest BCUT2D eigenvalue weighted by atomic mass is 10.0. The molecule has 0 aliphatic carbocycles. The van der Waals surface area contributed by atoms with Crippen molar-refractivity contribution >= 4 is 39.3 Å². The van der Waals surface area contributed by atoms with Crippen molar-refractivity contribution in [3.63, 3.8) is 0 Å². The van der Waals surface area contributed by atoms with Crippen molar-refractivity contribution in [2.45, 2.75) is 37.3 Å². The topological polar surface area (TPSA) is 87.1 Å². The number of ether oxygens (including phenoxy) is 1. The van der Waals surface area contributed by atoms with Gasteiger partial charge in [0, 0.05) is 27.9 Å². The minimum atomic E-state index is -3.50. The summed E-state index contributed by atoms with van der Waals surface area (Å²) in [7, 11) is 0. The summed E-state index contributed by atoms with van der Waals surface area (Å²) in [6, 6.07) is 8.37. The Balaban J connectivity index is 1.63. The molecule has 1 aliphatic heterocycles. The number of hydrogen-bond acceptors (Lipinski definition) is 5. The SMILES string of the molecule is O=C(O)c1ccc(CCCN2C(=O)OCC[C@@H]2C=CC(O)C(F)(F)c2cccc(Br)c2)s1. The normalized spacial score (nSPS) is 18.1. The van der Waals surface area contributed by atoms with Crippen molar-refractivity contribution < 1.29 is 33.3 Å². The van der Waals surface area contributed by atoms with Crippen molar-refractivity contribution in [1.29, 1.82) is 0 Å². The third-order valence-corrected chi connectivity index (χ3v) is 6.69. The average Bonchev–Trinajstić information content (AvgIpc) is 3.23. The van der Waals surface area contributed by atoms with Crippen LogP contribution in [0.2, 0.25) is 0 Å². The number of thiophene rings is 1. The predicted molar refractivity (Wildman–Crippen MR) is 119 cm³/mol. The molecule has 0 radical (unpaired) electrons. The van der Waals surface area contributed by atoms with E-state index in [1.807, 2.05) is 0 Å². The number of carboxylic acid groups (broad SMARTS) is 1.